The summed E-state index contributed by atoms with van der Waals surface area (Å²) in [6.45, 7) is 0. The van der Waals surface area contributed by atoms with Gasteiger partial charge in [-0.15, -0.1) is 10.2 Å². The predicted octanol–water partition coefficient (Wildman–Crippen LogP) is 4.51. The molecule has 1 amide bonds. The Labute approximate surface area is 166 Å². The first-order valence-corrected chi connectivity index (χ1v) is 8.51. The van der Waals surface area contributed by atoms with Gasteiger partial charge in [-0.1, -0.05) is 6.07 Å². The zero-order valence-electron chi connectivity index (χ0n) is 15.4. The van der Waals surface area contributed by atoms with Crippen LogP contribution >= 0.6 is 0 Å². The second-order valence-electron chi connectivity index (χ2n) is 5.82. The van der Waals surface area contributed by atoms with Crippen molar-refractivity contribution in [3.63, 3.8) is 0 Å². The van der Waals surface area contributed by atoms with E-state index in [1.165, 1.54) is 18.2 Å². The highest BCUT2D eigenvalue weighted by atomic mass is 16.7. The van der Waals surface area contributed by atoms with Gasteiger partial charge in [0.25, 0.3) is 5.91 Å². The van der Waals surface area contributed by atoms with Crippen LogP contribution in [0.2, 0.25) is 0 Å². The Hall–Kier alpha value is -4.20. The maximum atomic E-state index is 12.0. The minimum absolute atomic E-state index is 0.0225. The van der Waals surface area contributed by atoms with Crippen LogP contribution in [0, 0.1) is 0 Å². The molecule has 8 nitrogen and oxygen atoms in total. The molecule has 0 fully saturated rings. The highest BCUT2D eigenvalue weighted by Gasteiger charge is 2.08. The number of hydrogen-bond donors (Lipinski definition) is 2. The molecule has 0 atom stereocenters. The Morgan fingerprint density at radius 1 is 0.931 bits per heavy atom. The molecule has 3 aromatic rings. The molecule has 0 radical (unpaired) electrons. The lowest BCUT2D eigenvalue weighted by Crippen LogP contribution is -2.10. The fourth-order valence-corrected chi connectivity index (χ4v) is 2.29. The van der Waals surface area contributed by atoms with Crippen LogP contribution in [0.15, 0.2) is 83.0 Å². The number of methoxy groups -OCH3 is 1. The van der Waals surface area contributed by atoms with E-state index in [9.17, 15) is 14.7 Å². The number of nitrogens with one attached hydrogen (secondary N) is 1. The fourth-order valence-electron chi connectivity index (χ4n) is 2.29. The molecular weight excluding hydrogens is 374 g/mol. The van der Waals surface area contributed by atoms with Crippen molar-refractivity contribution in [2.24, 2.45) is 10.2 Å². The van der Waals surface area contributed by atoms with Crippen molar-refractivity contribution in [2.75, 3.05) is 12.6 Å². The molecule has 0 aromatic heterocycles. The molecule has 0 aliphatic carbocycles. The Bertz CT molecular complexity index is 1030. The Kier molecular flexibility index (Phi) is 6.16. The van der Waals surface area contributed by atoms with Crippen LogP contribution in [0.3, 0.4) is 0 Å². The third-order valence-corrected chi connectivity index (χ3v) is 3.80. The Morgan fingerprint density at radius 2 is 1.66 bits per heavy atom. The molecule has 8 heteroatoms. The number of aromatic hydroxyl groups is 1. The van der Waals surface area contributed by atoms with Crippen LogP contribution in [-0.2, 0) is 4.84 Å². The number of phenolic OH excluding ortho intramolecular Hbond substituents is 1. The third-order valence-electron chi connectivity index (χ3n) is 3.80. The summed E-state index contributed by atoms with van der Waals surface area (Å²) in [4.78, 5) is 29.0. The van der Waals surface area contributed by atoms with E-state index >= 15 is 0 Å². The molecule has 0 bridgehead atoms. The minimum Gasteiger partial charge on any atom is -0.508 e. The molecule has 0 aliphatic heterocycles. The van der Waals surface area contributed by atoms with Crippen molar-refractivity contribution < 1.29 is 24.3 Å². The molecule has 0 aliphatic rings. The van der Waals surface area contributed by atoms with Gasteiger partial charge in [0.2, 0.25) is 0 Å². The smallest absolute Gasteiger partial charge is 0.362 e. The number of carbonyl (C=O) groups is 2. The minimum atomic E-state index is -0.573. The predicted molar refractivity (Wildman–Crippen MR) is 105 cm³/mol. The lowest BCUT2D eigenvalue weighted by molar-refractivity contribution is 0.0596. The fraction of sp³-hybridized carbons (Fsp3) is 0.0476. The number of nitrogens with zero attached hydrogens (tertiary/aromatic N) is 2. The normalized spacial score (nSPS) is 10.5. The van der Waals surface area contributed by atoms with Gasteiger partial charge in [0, 0.05) is 5.56 Å². The van der Waals surface area contributed by atoms with Crippen molar-refractivity contribution in [3.8, 4) is 11.5 Å². The molecule has 2 N–H and O–H groups in total. The molecular formula is C21H17N3O5. The van der Waals surface area contributed by atoms with E-state index in [1.807, 2.05) is 0 Å². The van der Waals surface area contributed by atoms with Crippen molar-refractivity contribution in [3.05, 3.63) is 83.9 Å². The molecule has 0 spiro atoms. The van der Waals surface area contributed by atoms with Crippen molar-refractivity contribution in [2.45, 2.75) is 0 Å². The SMILES string of the molecule is COc1ccc(C(=O)ONc2ccc(N=NC(=O)c3cccc(O)c3)cc2)cc1. The van der Waals surface area contributed by atoms with Gasteiger partial charge in [0.15, 0.2) is 0 Å². The lowest BCUT2D eigenvalue weighted by atomic mass is 10.2. The molecule has 0 saturated heterocycles. The summed E-state index contributed by atoms with van der Waals surface area (Å²) < 4.78 is 5.04. The van der Waals surface area contributed by atoms with Gasteiger partial charge >= 0.3 is 5.97 Å². The molecule has 3 aromatic carbocycles. The molecule has 3 rings (SSSR count). The summed E-state index contributed by atoms with van der Waals surface area (Å²) in [5.41, 5.74) is 4.11. The molecule has 29 heavy (non-hydrogen) atoms. The van der Waals surface area contributed by atoms with Crippen molar-refractivity contribution in [1.29, 1.82) is 0 Å². The van der Waals surface area contributed by atoms with Crippen LogP contribution in [0.5, 0.6) is 11.5 Å². The number of rotatable bonds is 6. The van der Waals surface area contributed by atoms with Crippen LogP contribution in [0.25, 0.3) is 0 Å². The second kappa shape index (κ2) is 9.14. The number of amides is 1. The standard InChI is InChI=1S/C21H17N3O5/c1-28-19-11-5-14(6-12-19)21(27)29-24-17-9-7-16(8-10-17)22-23-20(26)15-3-2-4-18(25)13-15/h2-13,24-25H,1H3. The topological polar surface area (TPSA) is 110 Å². The number of ether oxygens (including phenoxy) is 1. The van der Waals surface area contributed by atoms with E-state index < -0.39 is 11.9 Å². The van der Waals surface area contributed by atoms with E-state index in [0.29, 0.717) is 22.7 Å². The first-order chi connectivity index (χ1) is 14.0. The first-order valence-electron chi connectivity index (χ1n) is 8.51. The van der Waals surface area contributed by atoms with Gasteiger partial charge in [-0.2, -0.15) is 0 Å². The van der Waals surface area contributed by atoms with E-state index in [4.69, 9.17) is 9.57 Å². The first kappa shape index (κ1) is 19.6. The van der Waals surface area contributed by atoms with Gasteiger partial charge in [-0.3, -0.25) is 4.79 Å². The van der Waals surface area contributed by atoms with Crippen LogP contribution < -0.4 is 10.2 Å². The number of hydrogen-bond acceptors (Lipinski definition) is 7. The summed E-state index contributed by atoms with van der Waals surface area (Å²) >= 11 is 0. The maximum Gasteiger partial charge on any atom is 0.362 e. The van der Waals surface area contributed by atoms with Gasteiger partial charge in [-0.25, -0.2) is 10.3 Å². The zero-order chi connectivity index (χ0) is 20.6. The van der Waals surface area contributed by atoms with Crippen LogP contribution in [0.4, 0.5) is 11.4 Å². The average molecular weight is 391 g/mol. The summed E-state index contributed by atoms with van der Waals surface area (Å²) in [6.07, 6.45) is 0. The lowest BCUT2D eigenvalue weighted by Gasteiger charge is -2.07. The quantitative estimate of drug-likeness (QED) is 0.473. The largest absolute Gasteiger partial charge is 0.508 e. The number of benzene rings is 3. The highest BCUT2D eigenvalue weighted by Crippen LogP contribution is 2.19. The summed E-state index contributed by atoms with van der Waals surface area (Å²) in [7, 11) is 1.54. The van der Waals surface area contributed by atoms with Crippen molar-refractivity contribution in [1.82, 2.24) is 0 Å². The van der Waals surface area contributed by atoms with Crippen molar-refractivity contribution >= 4 is 23.3 Å². The van der Waals surface area contributed by atoms with E-state index in [2.05, 4.69) is 15.7 Å². The molecule has 0 unspecified atom stereocenters. The second-order valence-corrected chi connectivity index (χ2v) is 5.82. The van der Waals surface area contributed by atoms with Gasteiger partial charge in [-0.05, 0) is 66.7 Å². The molecule has 0 heterocycles. The van der Waals surface area contributed by atoms with Gasteiger partial charge in [0.05, 0.1) is 24.0 Å². The number of phenols is 1. The summed E-state index contributed by atoms with van der Waals surface area (Å²) in [6, 6.07) is 18.8. The van der Waals surface area contributed by atoms with E-state index in [-0.39, 0.29) is 11.3 Å². The Morgan fingerprint density at radius 3 is 2.31 bits per heavy atom. The van der Waals surface area contributed by atoms with Gasteiger partial charge in [0.1, 0.15) is 11.5 Å². The average Bonchev–Trinajstić information content (AvgIpc) is 2.76. The maximum absolute atomic E-state index is 12.0. The molecule has 146 valence electrons. The van der Waals surface area contributed by atoms with E-state index in [1.54, 1.807) is 61.7 Å². The monoisotopic (exact) mass is 391 g/mol. The third kappa shape index (κ3) is 5.39. The number of azo groups is 1. The molecule has 0 saturated carbocycles. The number of anilines is 1. The summed E-state index contributed by atoms with van der Waals surface area (Å²) in [5.74, 6) is -0.503. The zero-order valence-corrected chi connectivity index (χ0v) is 15.4. The number of carbonyl (C=O) groups excluding carboxylic acids is 2. The summed E-state index contributed by atoms with van der Waals surface area (Å²) in [5, 5.41) is 16.9. The van der Waals surface area contributed by atoms with Gasteiger partial charge < -0.3 is 14.7 Å². The van der Waals surface area contributed by atoms with Crippen LogP contribution in [-0.4, -0.2) is 24.1 Å². The highest BCUT2D eigenvalue weighted by molar-refractivity contribution is 5.95. The van der Waals surface area contributed by atoms with Crippen LogP contribution in [0.1, 0.15) is 20.7 Å². The Balaban J connectivity index is 1.55. The van der Waals surface area contributed by atoms with E-state index in [0.717, 1.165) is 0 Å².